The van der Waals surface area contributed by atoms with Crippen LogP contribution in [0, 0.1) is 0 Å². The van der Waals surface area contributed by atoms with Crippen molar-refractivity contribution in [3.63, 3.8) is 0 Å². The lowest BCUT2D eigenvalue weighted by molar-refractivity contribution is -0.131. The summed E-state index contributed by atoms with van der Waals surface area (Å²) in [7, 11) is 3.15. The molecule has 28 heavy (non-hydrogen) atoms. The number of methoxy groups -OCH3 is 2. The molecule has 0 aliphatic carbocycles. The number of thiophene rings is 1. The summed E-state index contributed by atoms with van der Waals surface area (Å²) in [6, 6.07) is 5.51. The minimum atomic E-state index is -0.225. The molecule has 0 saturated carbocycles. The van der Waals surface area contributed by atoms with Gasteiger partial charge in [0.2, 0.25) is 5.91 Å². The molecule has 0 atom stereocenters. The molecule has 0 spiro atoms. The van der Waals surface area contributed by atoms with E-state index in [2.05, 4.69) is 4.98 Å². The van der Waals surface area contributed by atoms with E-state index in [-0.39, 0.29) is 18.0 Å². The Hall–Kier alpha value is -2.87. The largest absolute Gasteiger partial charge is 0.493 e. The van der Waals surface area contributed by atoms with Crippen LogP contribution >= 0.6 is 11.3 Å². The Morgan fingerprint density at radius 1 is 1.18 bits per heavy atom. The van der Waals surface area contributed by atoms with E-state index in [0.29, 0.717) is 34.8 Å². The number of fused-ring (bicyclic) bond motifs is 1. The number of hydrogen-bond donors (Lipinski definition) is 0. The van der Waals surface area contributed by atoms with E-state index in [9.17, 15) is 9.59 Å². The van der Waals surface area contributed by atoms with Crippen LogP contribution in [-0.4, -0.2) is 47.7 Å². The van der Waals surface area contributed by atoms with E-state index in [4.69, 9.17) is 9.47 Å². The second-order valence-electron chi connectivity index (χ2n) is 6.14. The highest BCUT2D eigenvalue weighted by Gasteiger charge is 2.17. The van der Waals surface area contributed by atoms with E-state index < -0.39 is 0 Å². The van der Waals surface area contributed by atoms with E-state index in [1.807, 2.05) is 31.4 Å². The lowest BCUT2D eigenvalue weighted by atomic mass is 10.1. The molecule has 148 valence electrons. The predicted octanol–water partition coefficient (Wildman–Crippen LogP) is 3.01. The molecule has 0 saturated heterocycles. The highest BCUT2D eigenvalue weighted by atomic mass is 32.1. The van der Waals surface area contributed by atoms with Gasteiger partial charge >= 0.3 is 0 Å². The average molecular weight is 401 g/mol. The van der Waals surface area contributed by atoms with Crippen LogP contribution in [0.25, 0.3) is 21.3 Å². The fourth-order valence-electron chi connectivity index (χ4n) is 3.12. The first-order chi connectivity index (χ1) is 13.5. The molecule has 7 nitrogen and oxygen atoms in total. The molecule has 3 rings (SSSR count). The van der Waals surface area contributed by atoms with E-state index in [0.717, 1.165) is 11.1 Å². The minimum absolute atomic E-state index is 0.0231. The molecule has 0 radical (unpaired) electrons. The Labute approximate surface area is 167 Å². The second-order valence-corrected chi connectivity index (χ2v) is 7.00. The molecule has 0 aliphatic rings. The third kappa shape index (κ3) is 3.60. The Balaban J connectivity index is 2.07. The number of carbonyl (C=O) groups excluding carboxylic acids is 1. The van der Waals surface area contributed by atoms with Crippen molar-refractivity contribution in [2.75, 3.05) is 27.3 Å². The summed E-state index contributed by atoms with van der Waals surface area (Å²) in [5.74, 6) is 1.10. The molecule has 0 fully saturated rings. The summed E-state index contributed by atoms with van der Waals surface area (Å²) in [4.78, 5) is 32.2. The van der Waals surface area contributed by atoms with Crippen molar-refractivity contribution in [1.82, 2.24) is 14.5 Å². The van der Waals surface area contributed by atoms with Crippen molar-refractivity contribution in [2.24, 2.45) is 0 Å². The van der Waals surface area contributed by atoms with Gasteiger partial charge in [-0.05, 0) is 31.5 Å². The molecule has 0 N–H and O–H groups in total. The number of ether oxygens (including phenoxy) is 2. The molecular formula is C20H23N3O4S. The third-order valence-electron chi connectivity index (χ3n) is 4.68. The Morgan fingerprint density at radius 3 is 2.54 bits per heavy atom. The van der Waals surface area contributed by atoms with Gasteiger partial charge in [-0.15, -0.1) is 11.3 Å². The fraction of sp³-hybridized carbons (Fsp3) is 0.350. The van der Waals surface area contributed by atoms with Gasteiger partial charge in [0.1, 0.15) is 11.4 Å². The smallest absolute Gasteiger partial charge is 0.263 e. The van der Waals surface area contributed by atoms with Gasteiger partial charge in [0, 0.05) is 24.0 Å². The van der Waals surface area contributed by atoms with Gasteiger partial charge in [-0.3, -0.25) is 14.2 Å². The first kappa shape index (κ1) is 19.9. The van der Waals surface area contributed by atoms with Gasteiger partial charge in [0.25, 0.3) is 5.56 Å². The van der Waals surface area contributed by atoms with Gasteiger partial charge in [0.05, 0.1) is 25.9 Å². The molecule has 0 aliphatic heterocycles. The number of rotatable bonds is 7. The van der Waals surface area contributed by atoms with E-state index in [1.54, 1.807) is 25.2 Å². The van der Waals surface area contributed by atoms with Crippen molar-refractivity contribution in [2.45, 2.75) is 20.4 Å². The normalized spacial score (nSPS) is 10.9. The van der Waals surface area contributed by atoms with Crippen molar-refractivity contribution >= 4 is 27.5 Å². The molecule has 1 aromatic carbocycles. The van der Waals surface area contributed by atoms with Crippen molar-refractivity contribution in [1.29, 1.82) is 0 Å². The number of likely N-dealkylation sites (N-methyl/N-ethyl adjacent to an activating group) is 1. The molecule has 2 aromatic heterocycles. The number of aromatic nitrogens is 2. The number of amides is 1. The maximum atomic E-state index is 13.1. The summed E-state index contributed by atoms with van der Waals surface area (Å²) < 4.78 is 12.0. The molecular weight excluding hydrogens is 378 g/mol. The fourth-order valence-corrected chi connectivity index (χ4v) is 4.02. The maximum Gasteiger partial charge on any atom is 0.263 e. The molecule has 8 heteroatoms. The van der Waals surface area contributed by atoms with Gasteiger partial charge < -0.3 is 14.4 Å². The monoisotopic (exact) mass is 401 g/mol. The zero-order chi connectivity index (χ0) is 20.3. The van der Waals surface area contributed by atoms with Gasteiger partial charge in [-0.25, -0.2) is 4.98 Å². The highest BCUT2D eigenvalue weighted by molar-refractivity contribution is 7.17. The van der Waals surface area contributed by atoms with Crippen LogP contribution in [0.3, 0.4) is 0 Å². The second kappa shape index (κ2) is 8.43. The number of hydrogen-bond acceptors (Lipinski definition) is 6. The quantitative estimate of drug-likeness (QED) is 0.608. The topological polar surface area (TPSA) is 73.7 Å². The maximum absolute atomic E-state index is 13.1. The zero-order valence-electron chi connectivity index (χ0n) is 16.4. The molecule has 0 bridgehead atoms. The number of nitrogens with zero attached hydrogens (tertiary/aromatic N) is 3. The number of carbonyl (C=O) groups is 1. The van der Waals surface area contributed by atoms with Crippen molar-refractivity contribution in [3.8, 4) is 22.6 Å². The lowest BCUT2D eigenvalue weighted by Crippen LogP contribution is -2.36. The van der Waals surface area contributed by atoms with Crippen molar-refractivity contribution in [3.05, 3.63) is 40.3 Å². The molecule has 1 amide bonds. The summed E-state index contributed by atoms with van der Waals surface area (Å²) in [5, 5.41) is 2.41. The first-order valence-electron chi connectivity index (χ1n) is 9.00. The van der Waals surface area contributed by atoms with E-state index >= 15 is 0 Å². The van der Waals surface area contributed by atoms with Crippen LogP contribution in [-0.2, 0) is 11.3 Å². The Morgan fingerprint density at radius 2 is 1.89 bits per heavy atom. The lowest BCUT2D eigenvalue weighted by Gasteiger charge is -2.19. The standard InChI is InChI=1S/C20H23N3O4S/c1-5-22(6-2)17(24)10-23-12-21-19-18(20(23)25)14(11-28-19)13-7-8-15(26-3)16(9-13)27-4/h7-9,11-12H,5-6,10H2,1-4H3. The zero-order valence-corrected chi connectivity index (χ0v) is 17.2. The first-order valence-corrected chi connectivity index (χ1v) is 9.88. The summed E-state index contributed by atoms with van der Waals surface area (Å²) in [6.07, 6.45) is 1.45. The third-order valence-corrected chi connectivity index (χ3v) is 5.56. The summed E-state index contributed by atoms with van der Waals surface area (Å²) in [6.45, 7) is 5.02. The number of benzene rings is 1. The molecule has 2 heterocycles. The van der Waals surface area contributed by atoms with Crippen LogP contribution in [0.4, 0.5) is 0 Å². The Kier molecular flexibility index (Phi) is 5.99. The van der Waals surface area contributed by atoms with Gasteiger partial charge in [-0.2, -0.15) is 0 Å². The average Bonchev–Trinajstić information content (AvgIpc) is 3.15. The summed E-state index contributed by atoms with van der Waals surface area (Å²) in [5.41, 5.74) is 1.37. The SMILES string of the molecule is CCN(CC)C(=O)Cn1cnc2scc(-c3ccc(OC)c(OC)c3)c2c1=O. The van der Waals surface area contributed by atoms with Crippen molar-refractivity contribution < 1.29 is 14.3 Å². The van der Waals surface area contributed by atoms with Gasteiger partial charge in [-0.1, -0.05) is 6.07 Å². The Bertz CT molecular complexity index is 1050. The van der Waals surface area contributed by atoms with E-state index in [1.165, 1.54) is 22.2 Å². The molecule has 0 unspecified atom stereocenters. The molecule has 3 aromatic rings. The summed E-state index contributed by atoms with van der Waals surface area (Å²) >= 11 is 1.40. The van der Waals surface area contributed by atoms with Crippen LogP contribution in [0.15, 0.2) is 34.7 Å². The predicted molar refractivity (Wildman–Crippen MR) is 110 cm³/mol. The van der Waals surface area contributed by atoms with Gasteiger partial charge in [0.15, 0.2) is 11.5 Å². The highest BCUT2D eigenvalue weighted by Crippen LogP contribution is 2.36. The van der Waals surface area contributed by atoms with Crippen LogP contribution < -0.4 is 15.0 Å². The van der Waals surface area contributed by atoms with Crippen LogP contribution in [0.2, 0.25) is 0 Å². The minimum Gasteiger partial charge on any atom is -0.493 e. The van der Waals surface area contributed by atoms with Crippen LogP contribution in [0.5, 0.6) is 11.5 Å². The van der Waals surface area contributed by atoms with Crippen LogP contribution in [0.1, 0.15) is 13.8 Å².